The van der Waals surface area contributed by atoms with Crippen LogP contribution in [0.25, 0.3) is 0 Å². The third kappa shape index (κ3) is 5.05. The van der Waals surface area contributed by atoms with Crippen LogP contribution in [-0.4, -0.2) is 19.6 Å². The number of hydrogen-bond donors (Lipinski definition) is 1. The zero-order valence-electron chi connectivity index (χ0n) is 11.5. The summed E-state index contributed by atoms with van der Waals surface area (Å²) in [5.74, 6) is 0.449. The number of halogens is 1. The lowest BCUT2D eigenvalue weighted by atomic mass is 10.1. The number of nitrogens with zero attached hydrogens (tertiary/aromatic N) is 1. The van der Waals surface area contributed by atoms with Crippen molar-refractivity contribution in [3.8, 4) is 0 Å². The first-order valence-electron chi connectivity index (χ1n) is 6.88. The molecular formula is C15H25FN2. The summed E-state index contributed by atoms with van der Waals surface area (Å²) in [7, 11) is 0. The molecule has 0 radical (unpaired) electrons. The number of anilines is 1. The van der Waals surface area contributed by atoms with E-state index >= 15 is 0 Å². The van der Waals surface area contributed by atoms with Crippen molar-refractivity contribution in [2.75, 3.05) is 24.5 Å². The highest BCUT2D eigenvalue weighted by Crippen LogP contribution is 2.18. The van der Waals surface area contributed by atoms with Gasteiger partial charge in [-0.1, -0.05) is 26.3 Å². The fourth-order valence-electron chi connectivity index (χ4n) is 2.24. The van der Waals surface area contributed by atoms with E-state index in [4.69, 9.17) is 5.73 Å². The molecule has 0 fully saturated rings. The molecule has 1 rings (SSSR count). The topological polar surface area (TPSA) is 29.3 Å². The van der Waals surface area contributed by atoms with Gasteiger partial charge < -0.3 is 10.6 Å². The van der Waals surface area contributed by atoms with Crippen LogP contribution in [-0.2, 0) is 0 Å². The average Bonchev–Trinajstić information content (AvgIpc) is 2.34. The van der Waals surface area contributed by atoms with Crippen LogP contribution in [0.1, 0.15) is 33.1 Å². The molecule has 0 aliphatic heterocycles. The maximum absolute atomic E-state index is 13.3. The molecule has 0 aliphatic rings. The number of nitrogens with two attached hydrogens (primary N) is 1. The molecule has 2 N–H and O–H groups in total. The van der Waals surface area contributed by atoms with Gasteiger partial charge in [-0.05, 0) is 43.5 Å². The molecule has 0 aromatic heterocycles. The third-order valence-corrected chi connectivity index (χ3v) is 3.12. The SMILES string of the molecule is CCCC(C)CN(CCCN)c1cccc(F)c1. The molecule has 2 nitrogen and oxygen atoms in total. The van der Waals surface area contributed by atoms with Crippen molar-refractivity contribution in [1.82, 2.24) is 0 Å². The van der Waals surface area contributed by atoms with E-state index in [1.807, 2.05) is 6.07 Å². The van der Waals surface area contributed by atoms with Crippen LogP contribution in [0, 0.1) is 11.7 Å². The molecule has 0 amide bonds. The Morgan fingerprint density at radius 2 is 2.17 bits per heavy atom. The maximum Gasteiger partial charge on any atom is 0.125 e. The highest BCUT2D eigenvalue weighted by molar-refractivity contribution is 5.46. The Morgan fingerprint density at radius 1 is 1.39 bits per heavy atom. The minimum absolute atomic E-state index is 0.173. The fraction of sp³-hybridized carbons (Fsp3) is 0.600. The highest BCUT2D eigenvalue weighted by Gasteiger charge is 2.11. The number of benzene rings is 1. The summed E-state index contributed by atoms with van der Waals surface area (Å²) >= 11 is 0. The van der Waals surface area contributed by atoms with E-state index in [0.29, 0.717) is 12.5 Å². The third-order valence-electron chi connectivity index (χ3n) is 3.12. The largest absolute Gasteiger partial charge is 0.371 e. The van der Waals surface area contributed by atoms with Crippen molar-refractivity contribution >= 4 is 5.69 Å². The molecule has 1 unspecified atom stereocenters. The minimum Gasteiger partial charge on any atom is -0.371 e. The second-order valence-corrected chi connectivity index (χ2v) is 4.96. The Labute approximate surface area is 110 Å². The Balaban J connectivity index is 2.70. The van der Waals surface area contributed by atoms with E-state index in [0.717, 1.165) is 25.2 Å². The highest BCUT2D eigenvalue weighted by atomic mass is 19.1. The quantitative estimate of drug-likeness (QED) is 0.768. The van der Waals surface area contributed by atoms with Gasteiger partial charge in [0.25, 0.3) is 0 Å². The number of rotatable bonds is 8. The monoisotopic (exact) mass is 252 g/mol. The molecule has 1 aromatic carbocycles. The van der Waals surface area contributed by atoms with Crippen LogP contribution in [0.3, 0.4) is 0 Å². The lowest BCUT2D eigenvalue weighted by molar-refractivity contribution is 0.508. The van der Waals surface area contributed by atoms with Crippen molar-refractivity contribution < 1.29 is 4.39 Å². The van der Waals surface area contributed by atoms with Crippen molar-refractivity contribution in [3.63, 3.8) is 0 Å². The van der Waals surface area contributed by atoms with E-state index in [-0.39, 0.29) is 5.82 Å². The normalized spacial score (nSPS) is 12.4. The Bertz CT molecular complexity index is 341. The molecule has 0 aliphatic carbocycles. The lowest BCUT2D eigenvalue weighted by Gasteiger charge is -2.28. The van der Waals surface area contributed by atoms with Crippen LogP contribution in [0.15, 0.2) is 24.3 Å². The van der Waals surface area contributed by atoms with Crippen molar-refractivity contribution in [2.45, 2.75) is 33.1 Å². The van der Waals surface area contributed by atoms with E-state index in [1.165, 1.54) is 18.9 Å². The van der Waals surface area contributed by atoms with Gasteiger partial charge in [0.2, 0.25) is 0 Å². The van der Waals surface area contributed by atoms with Crippen LogP contribution >= 0.6 is 0 Å². The minimum atomic E-state index is -0.173. The van der Waals surface area contributed by atoms with Gasteiger partial charge in [0.15, 0.2) is 0 Å². The molecule has 0 spiro atoms. The molecule has 0 bridgehead atoms. The van der Waals surface area contributed by atoms with Gasteiger partial charge in [-0.25, -0.2) is 4.39 Å². The summed E-state index contributed by atoms with van der Waals surface area (Å²) in [6.45, 7) is 6.99. The maximum atomic E-state index is 13.3. The summed E-state index contributed by atoms with van der Waals surface area (Å²) in [6, 6.07) is 6.83. The lowest BCUT2D eigenvalue weighted by Crippen LogP contribution is -2.30. The van der Waals surface area contributed by atoms with Crippen LogP contribution in [0.4, 0.5) is 10.1 Å². The number of hydrogen-bond acceptors (Lipinski definition) is 2. The van der Waals surface area contributed by atoms with Gasteiger partial charge in [0.05, 0.1) is 0 Å². The van der Waals surface area contributed by atoms with E-state index in [2.05, 4.69) is 18.7 Å². The van der Waals surface area contributed by atoms with Gasteiger partial charge >= 0.3 is 0 Å². The summed E-state index contributed by atoms with van der Waals surface area (Å²) < 4.78 is 13.3. The summed E-state index contributed by atoms with van der Waals surface area (Å²) in [5.41, 5.74) is 6.54. The van der Waals surface area contributed by atoms with Gasteiger partial charge in [0.1, 0.15) is 5.82 Å². The molecular weight excluding hydrogens is 227 g/mol. The second kappa shape index (κ2) is 8.09. The molecule has 1 atom stereocenters. The Hall–Kier alpha value is -1.09. The van der Waals surface area contributed by atoms with E-state index < -0.39 is 0 Å². The van der Waals surface area contributed by atoms with Crippen molar-refractivity contribution in [3.05, 3.63) is 30.1 Å². The molecule has 0 saturated heterocycles. The van der Waals surface area contributed by atoms with Crippen molar-refractivity contribution in [2.24, 2.45) is 11.7 Å². The van der Waals surface area contributed by atoms with Gasteiger partial charge in [-0.15, -0.1) is 0 Å². The first-order chi connectivity index (χ1) is 8.67. The molecule has 18 heavy (non-hydrogen) atoms. The molecule has 1 aromatic rings. The summed E-state index contributed by atoms with van der Waals surface area (Å²) in [4.78, 5) is 2.25. The predicted molar refractivity (Wildman–Crippen MR) is 76.4 cm³/mol. The second-order valence-electron chi connectivity index (χ2n) is 4.96. The van der Waals surface area contributed by atoms with Gasteiger partial charge in [-0.2, -0.15) is 0 Å². The molecule has 0 saturated carbocycles. The van der Waals surface area contributed by atoms with Crippen LogP contribution in [0.5, 0.6) is 0 Å². The van der Waals surface area contributed by atoms with E-state index in [9.17, 15) is 4.39 Å². The zero-order valence-corrected chi connectivity index (χ0v) is 11.5. The van der Waals surface area contributed by atoms with E-state index in [1.54, 1.807) is 12.1 Å². The van der Waals surface area contributed by atoms with Gasteiger partial charge in [-0.3, -0.25) is 0 Å². The first-order valence-corrected chi connectivity index (χ1v) is 6.88. The standard InChI is InChI=1S/C15H25FN2/c1-3-6-13(2)12-18(10-5-9-17)15-8-4-7-14(16)11-15/h4,7-8,11,13H,3,5-6,9-10,12,17H2,1-2H3. The fourth-order valence-corrected chi connectivity index (χ4v) is 2.24. The summed E-state index contributed by atoms with van der Waals surface area (Å²) in [5, 5.41) is 0. The molecule has 102 valence electrons. The zero-order chi connectivity index (χ0) is 13.4. The average molecular weight is 252 g/mol. The molecule has 3 heteroatoms. The summed E-state index contributed by atoms with van der Waals surface area (Å²) in [6.07, 6.45) is 3.33. The Kier molecular flexibility index (Phi) is 6.73. The van der Waals surface area contributed by atoms with Gasteiger partial charge in [0, 0.05) is 18.8 Å². The Morgan fingerprint density at radius 3 is 2.78 bits per heavy atom. The first kappa shape index (κ1) is 15.0. The predicted octanol–water partition coefficient (Wildman–Crippen LogP) is 3.42. The van der Waals surface area contributed by atoms with Crippen molar-refractivity contribution in [1.29, 1.82) is 0 Å². The molecule has 0 heterocycles. The smallest absolute Gasteiger partial charge is 0.125 e. The van der Waals surface area contributed by atoms with Crippen LogP contribution in [0.2, 0.25) is 0 Å². The van der Waals surface area contributed by atoms with Crippen LogP contribution < -0.4 is 10.6 Å².